The molecule has 4 aromatic rings. The zero-order chi connectivity index (χ0) is 33.1. The monoisotopic (exact) mass is 745 g/mol. The smallest absolute Gasteiger partial charge is 0.163 e. The lowest BCUT2D eigenvalue weighted by molar-refractivity contribution is -0.121. The molecule has 0 bridgehead atoms. The Labute approximate surface area is 290 Å². The van der Waals surface area contributed by atoms with E-state index in [-0.39, 0.29) is 18.0 Å². The van der Waals surface area contributed by atoms with E-state index < -0.39 is 0 Å². The van der Waals surface area contributed by atoms with Crippen LogP contribution in [0.3, 0.4) is 0 Å². The highest BCUT2D eigenvalue weighted by molar-refractivity contribution is 14.1. The normalized spacial score (nSPS) is 11.1. The SMILES string of the molecule is NCCCOc1ccc(/C=C/C(=O)CC(=O)/C=C/c2ccc(OCCCI)c(OCc3ccccc3)c2)cc1OCc1ccccc1. The Morgan fingerprint density at radius 3 is 1.51 bits per heavy atom. The maximum absolute atomic E-state index is 12.7. The number of carbonyl (C=O) groups excluding carboxylic acids is 2. The van der Waals surface area contributed by atoms with E-state index in [1.54, 1.807) is 12.2 Å². The van der Waals surface area contributed by atoms with Crippen LogP contribution in [0, 0.1) is 0 Å². The molecule has 0 aliphatic carbocycles. The van der Waals surface area contributed by atoms with Gasteiger partial charge in [0.2, 0.25) is 0 Å². The molecule has 47 heavy (non-hydrogen) atoms. The molecule has 0 saturated carbocycles. The van der Waals surface area contributed by atoms with E-state index in [1.807, 2.05) is 97.1 Å². The summed E-state index contributed by atoms with van der Waals surface area (Å²) in [4.78, 5) is 25.3. The molecule has 0 spiro atoms. The Morgan fingerprint density at radius 1 is 0.596 bits per heavy atom. The van der Waals surface area contributed by atoms with Gasteiger partial charge in [-0.3, -0.25) is 9.59 Å². The fraction of sp³-hybridized carbons (Fsp3) is 0.231. The molecule has 4 aromatic carbocycles. The summed E-state index contributed by atoms with van der Waals surface area (Å²) in [6.07, 6.45) is 7.58. The van der Waals surface area contributed by atoms with E-state index in [0.29, 0.717) is 56.0 Å². The molecule has 0 fully saturated rings. The van der Waals surface area contributed by atoms with Crippen molar-refractivity contribution in [3.05, 3.63) is 131 Å². The summed E-state index contributed by atoms with van der Waals surface area (Å²) in [5.74, 6) is 1.81. The number of hydrogen-bond acceptors (Lipinski definition) is 7. The molecule has 8 heteroatoms. The van der Waals surface area contributed by atoms with E-state index in [2.05, 4.69) is 22.6 Å². The number of alkyl halides is 1. The molecule has 0 unspecified atom stereocenters. The van der Waals surface area contributed by atoms with Crippen LogP contribution in [0.2, 0.25) is 0 Å². The molecule has 244 valence electrons. The van der Waals surface area contributed by atoms with Gasteiger partial charge in [-0.25, -0.2) is 0 Å². The van der Waals surface area contributed by atoms with Gasteiger partial charge < -0.3 is 24.7 Å². The highest BCUT2D eigenvalue weighted by Gasteiger charge is 2.10. The van der Waals surface area contributed by atoms with Crippen molar-refractivity contribution in [3.63, 3.8) is 0 Å². The predicted molar refractivity (Wildman–Crippen MR) is 195 cm³/mol. The van der Waals surface area contributed by atoms with Crippen LogP contribution in [0.4, 0.5) is 0 Å². The van der Waals surface area contributed by atoms with Gasteiger partial charge in [-0.2, -0.15) is 0 Å². The van der Waals surface area contributed by atoms with Crippen LogP contribution in [-0.2, 0) is 22.8 Å². The van der Waals surface area contributed by atoms with Crippen molar-refractivity contribution in [2.45, 2.75) is 32.5 Å². The minimum Gasteiger partial charge on any atom is -0.490 e. The molecule has 0 amide bonds. The number of hydrogen-bond donors (Lipinski definition) is 1. The Bertz CT molecular complexity index is 1500. The summed E-state index contributed by atoms with van der Waals surface area (Å²) in [5.41, 5.74) is 9.19. The quantitative estimate of drug-likeness (QED) is 0.0322. The van der Waals surface area contributed by atoms with Gasteiger partial charge in [0.25, 0.3) is 0 Å². The number of rotatable bonds is 20. The molecule has 0 radical (unpaired) electrons. The minimum absolute atomic E-state index is 0.250. The van der Waals surface area contributed by atoms with Crippen molar-refractivity contribution in [1.29, 1.82) is 0 Å². The van der Waals surface area contributed by atoms with E-state index in [9.17, 15) is 9.59 Å². The number of benzene rings is 4. The van der Waals surface area contributed by atoms with Crippen LogP contribution >= 0.6 is 22.6 Å². The Hall–Kier alpha value is -4.41. The van der Waals surface area contributed by atoms with Crippen LogP contribution in [0.25, 0.3) is 12.2 Å². The zero-order valence-corrected chi connectivity index (χ0v) is 28.5. The van der Waals surface area contributed by atoms with E-state index >= 15 is 0 Å². The average Bonchev–Trinajstić information content (AvgIpc) is 3.10. The number of halogens is 1. The highest BCUT2D eigenvalue weighted by atomic mass is 127. The van der Waals surface area contributed by atoms with E-state index in [0.717, 1.165) is 39.5 Å². The van der Waals surface area contributed by atoms with Gasteiger partial charge >= 0.3 is 0 Å². The third-order valence-corrected chi connectivity index (χ3v) is 7.59. The first-order chi connectivity index (χ1) is 23.0. The first-order valence-electron chi connectivity index (χ1n) is 15.6. The van der Waals surface area contributed by atoms with Crippen molar-refractivity contribution < 1.29 is 28.5 Å². The summed E-state index contributed by atoms with van der Waals surface area (Å²) in [7, 11) is 0. The van der Waals surface area contributed by atoms with Crippen LogP contribution in [0.1, 0.15) is 41.5 Å². The molecule has 0 atom stereocenters. The molecule has 4 rings (SSSR count). The molecule has 0 aliphatic rings. The predicted octanol–water partition coefficient (Wildman–Crippen LogP) is 8.03. The lowest BCUT2D eigenvalue weighted by atomic mass is 10.1. The molecule has 0 aliphatic heterocycles. The summed E-state index contributed by atoms with van der Waals surface area (Å²) in [5, 5.41) is 0. The van der Waals surface area contributed by atoms with Gasteiger partial charge in [-0.05, 0) is 78.1 Å². The van der Waals surface area contributed by atoms with Crippen LogP contribution in [-0.4, -0.2) is 35.8 Å². The zero-order valence-electron chi connectivity index (χ0n) is 26.3. The fourth-order valence-corrected chi connectivity index (χ4v) is 4.67. The molecular weight excluding hydrogens is 705 g/mol. The number of allylic oxidation sites excluding steroid dienone is 2. The van der Waals surface area contributed by atoms with Crippen molar-refractivity contribution >= 4 is 46.3 Å². The lowest BCUT2D eigenvalue weighted by Crippen LogP contribution is -2.07. The van der Waals surface area contributed by atoms with Crippen molar-refractivity contribution in [2.75, 3.05) is 24.2 Å². The highest BCUT2D eigenvalue weighted by Crippen LogP contribution is 2.31. The van der Waals surface area contributed by atoms with Gasteiger partial charge in [-0.15, -0.1) is 0 Å². The van der Waals surface area contributed by atoms with Crippen LogP contribution < -0.4 is 24.7 Å². The molecule has 7 nitrogen and oxygen atoms in total. The second kappa shape index (κ2) is 20.0. The molecule has 0 heterocycles. The molecule has 0 aromatic heterocycles. The summed E-state index contributed by atoms with van der Waals surface area (Å²) < 4.78 is 25.0. The standard InChI is InChI=1S/C39H40INO6/c40-21-7-23-44-36-19-15-30(25-38(36)46-28-32-9-3-1-4-10-32)13-17-34(42)27-35(43)18-14-31-16-20-37(45-24-8-22-41)39(26-31)47-29-33-11-5-2-6-12-33/h1-6,9-20,25-26H,7-8,21-24,27-29,41H2/b17-13+,18-14+. The van der Waals surface area contributed by atoms with Crippen molar-refractivity contribution in [2.24, 2.45) is 5.73 Å². The lowest BCUT2D eigenvalue weighted by Gasteiger charge is -2.13. The van der Waals surface area contributed by atoms with Crippen LogP contribution in [0.5, 0.6) is 23.0 Å². The molecular formula is C39H40INO6. The Morgan fingerprint density at radius 2 is 1.06 bits per heavy atom. The molecule has 2 N–H and O–H groups in total. The van der Waals surface area contributed by atoms with Gasteiger partial charge in [0, 0.05) is 4.43 Å². The average molecular weight is 746 g/mol. The Kier molecular flexibility index (Phi) is 15.1. The fourth-order valence-electron chi connectivity index (χ4n) is 4.36. The number of carbonyl (C=O) groups is 2. The minimum atomic E-state index is -0.305. The summed E-state index contributed by atoms with van der Waals surface area (Å²) in [6, 6.07) is 30.7. The second-order valence-corrected chi connectivity index (χ2v) is 11.7. The van der Waals surface area contributed by atoms with Gasteiger partial charge in [0.15, 0.2) is 34.6 Å². The van der Waals surface area contributed by atoms with E-state index in [4.69, 9.17) is 24.7 Å². The summed E-state index contributed by atoms with van der Waals surface area (Å²) >= 11 is 2.32. The van der Waals surface area contributed by atoms with Crippen molar-refractivity contribution in [1.82, 2.24) is 0 Å². The number of nitrogens with two attached hydrogens (primary N) is 1. The topological polar surface area (TPSA) is 97.1 Å². The largest absolute Gasteiger partial charge is 0.490 e. The van der Waals surface area contributed by atoms with Crippen molar-refractivity contribution in [3.8, 4) is 23.0 Å². The number of ether oxygens (including phenoxy) is 4. The third kappa shape index (κ3) is 12.7. The van der Waals surface area contributed by atoms with Gasteiger partial charge in [-0.1, -0.05) is 108 Å². The first-order valence-corrected chi connectivity index (χ1v) is 17.1. The molecule has 0 saturated heterocycles. The van der Waals surface area contributed by atoms with Crippen LogP contribution in [0.15, 0.2) is 109 Å². The second-order valence-electron chi connectivity index (χ2n) is 10.6. The Balaban J connectivity index is 1.37. The first kappa shape index (κ1) is 35.4. The van der Waals surface area contributed by atoms with Gasteiger partial charge in [0.1, 0.15) is 13.2 Å². The third-order valence-electron chi connectivity index (χ3n) is 6.82. The summed E-state index contributed by atoms with van der Waals surface area (Å²) in [6.45, 7) is 2.35. The number of ketones is 2. The maximum atomic E-state index is 12.7. The van der Waals surface area contributed by atoms with Gasteiger partial charge in [0.05, 0.1) is 19.6 Å². The maximum Gasteiger partial charge on any atom is 0.163 e. The van der Waals surface area contributed by atoms with E-state index in [1.165, 1.54) is 12.2 Å².